The third-order valence-corrected chi connectivity index (χ3v) is 4.47. The van der Waals surface area contributed by atoms with E-state index in [1.54, 1.807) is 29.2 Å². The number of benzene rings is 2. The van der Waals surface area contributed by atoms with Crippen molar-refractivity contribution in [1.29, 1.82) is 0 Å². The molecule has 2 aromatic rings. The summed E-state index contributed by atoms with van der Waals surface area (Å²) in [6.45, 7) is 1.20. The van der Waals surface area contributed by atoms with Crippen molar-refractivity contribution >= 4 is 22.8 Å². The van der Waals surface area contributed by atoms with Gasteiger partial charge in [-0.3, -0.25) is 4.90 Å². The zero-order valence-corrected chi connectivity index (χ0v) is 13.7. The molecule has 1 aliphatic heterocycles. The van der Waals surface area contributed by atoms with E-state index in [2.05, 4.69) is 5.32 Å². The minimum absolute atomic E-state index is 0.0447. The number of rotatable bonds is 5. The van der Waals surface area contributed by atoms with Gasteiger partial charge in [0.25, 0.3) is 0 Å². The number of ether oxygens (including phenoxy) is 1. The van der Waals surface area contributed by atoms with Gasteiger partial charge in [-0.2, -0.15) is 0 Å². The van der Waals surface area contributed by atoms with E-state index in [0.29, 0.717) is 23.7 Å². The van der Waals surface area contributed by atoms with Crippen LogP contribution >= 0.6 is 0 Å². The smallest absolute Gasteiger partial charge is 0.321 e. The lowest BCUT2D eigenvalue weighted by Gasteiger charge is -2.14. The third kappa shape index (κ3) is 3.43. The van der Waals surface area contributed by atoms with Gasteiger partial charge in [-0.25, -0.2) is 9.00 Å². The summed E-state index contributed by atoms with van der Waals surface area (Å²) in [7, 11) is 1.46. The molecule has 7 nitrogen and oxygen atoms in total. The van der Waals surface area contributed by atoms with E-state index in [9.17, 15) is 14.1 Å². The molecule has 24 heavy (non-hydrogen) atoms. The topological polar surface area (TPSA) is 88.1 Å². The fraction of sp³-hybridized carbons (Fsp3) is 0.188. The molecule has 0 radical (unpaired) electrons. The summed E-state index contributed by atoms with van der Waals surface area (Å²) in [6.07, 6.45) is 0. The van der Waals surface area contributed by atoms with E-state index in [0.717, 1.165) is 5.69 Å². The van der Waals surface area contributed by atoms with Crippen LogP contribution in [0.2, 0.25) is 0 Å². The van der Waals surface area contributed by atoms with Gasteiger partial charge in [0.05, 0.1) is 12.0 Å². The summed E-state index contributed by atoms with van der Waals surface area (Å²) < 4.78 is 22.7. The molecular weight excluding hydrogens is 332 g/mol. The number of methoxy groups -OCH3 is 1. The Morgan fingerprint density at radius 2 is 1.88 bits per heavy atom. The molecule has 8 heteroatoms. The fourth-order valence-electron chi connectivity index (χ4n) is 2.31. The highest BCUT2D eigenvalue weighted by Gasteiger charge is 2.21. The van der Waals surface area contributed by atoms with Crippen LogP contribution in [-0.2, 0) is 11.1 Å². The Morgan fingerprint density at radius 1 is 1.17 bits per heavy atom. The van der Waals surface area contributed by atoms with Crippen LogP contribution in [0.4, 0.5) is 10.5 Å². The van der Waals surface area contributed by atoms with Crippen molar-refractivity contribution < 1.29 is 23.0 Å². The van der Waals surface area contributed by atoms with Gasteiger partial charge >= 0.3 is 6.03 Å². The number of anilines is 1. The SMILES string of the molecule is COc1cc(O)cc(OS(=O)c2ccc(N3CCNC3=O)cc2)c1. The van der Waals surface area contributed by atoms with Crippen molar-refractivity contribution in [2.45, 2.75) is 4.90 Å². The molecule has 1 heterocycles. The molecule has 0 aliphatic carbocycles. The van der Waals surface area contributed by atoms with Crippen LogP contribution < -0.4 is 19.1 Å². The second-order valence-electron chi connectivity index (χ2n) is 5.06. The van der Waals surface area contributed by atoms with Gasteiger partial charge in [0.2, 0.25) is 11.1 Å². The Balaban J connectivity index is 1.73. The Hall–Kier alpha value is -2.74. The van der Waals surface area contributed by atoms with Gasteiger partial charge in [0, 0.05) is 37.0 Å². The fourth-order valence-corrected chi connectivity index (χ4v) is 3.04. The molecule has 0 spiro atoms. The van der Waals surface area contributed by atoms with Crippen LogP contribution in [0.25, 0.3) is 0 Å². The lowest BCUT2D eigenvalue weighted by Crippen LogP contribution is -2.27. The molecule has 1 atom stereocenters. The molecule has 2 N–H and O–H groups in total. The molecule has 0 saturated carbocycles. The number of amides is 2. The van der Waals surface area contributed by atoms with E-state index >= 15 is 0 Å². The maximum atomic E-state index is 12.3. The first kappa shape index (κ1) is 16.1. The van der Waals surface area contributed by atoms with Crippen LogP contribution in [0.5, 0.6) is 17.2 Å². The molecule has 0 aromatic heterocycles. The molecule has 2 amide bonds. The quantitative estimate of drug-likeness (QED) is 0.863. The van der Waals surface area contributed by atoms with Gasteiger partial charge < -0.3 is 19.3 Å². The molecule has 126 valence electrons. The Kier molecular flexibility index (Phi) is 4.57. The maximum Gasteiger partial charge on any atom is 0.321 e. The average molecular weight is 348 g/mol. The van der Waals surface area contributed by atoms with E-state index in [-0.39, 0.29) is 17.5 Å². The molecule has 3 rings (SSSR count). The predicted octanol–water partition coefficient (Wildman–Crippen LogP) is 2.03. The minimum atomic E-state index is -1.76. The van der Waals surface area contributed by atoms with Crippen molar-refractivity contribution in [1.82, 2.24) is 5.32 Å². The normalized spacial score (nSPS) is 15.0. The zero-order chi connectivity index (χ0) is 17.1. The summed E-state index contributed by atoms with van der Waals surface area (Å²) in [4.78, 5) is 13.7. The monoisotopic (exact) mass is 348 g/mol. The number of hydrogen-bond acceptors (Lipinski definition) is 5. The third-order valence-electron chi connectivity index (χ3n) is 3.47. The van der Waals surface area contributed by atoms with E-state index in [4.69, 9.17) is 8.92 Å². The highest BCUT2D eigenvalue weighted by atomic mass is 32.2. The number of nitrogens with one attached hydrogen (secondary N) is 1. The van der Waals surface area contributed by atoms with Crippen LogP contribution in [-0.4, -0.2) is 35.5 Å². The molecule has 1 fully saturated rings. The number of carbonyl (C=O) groups is 1. The van der Waals surface area contributed by atoms with E-state index in [1.165, 1.54) is 25.3 Å². The first-order valence-corrected chi connectivity index (χ1v) is 8.28. The van der Waals surface area contributed by atoms with Crippen LogP contribution in [0.1, 0.15) is 0 Å². The summed E-state index contributed by atoms with van der Waals surface area (Å²) in [5.74, 6) is 0.585. The van der Waals surface area contributed by atoms with Crippen molar-refractivity contribution in [2.24, 2.45) is 0 Å². The number of aromatic hydroxyl groups is 1. The second-order valence-corrected chi connectivity index (χ2v) is 6.17. The Labute approximate surface area is 141 Å². The average Bonchev–Trinajstić information content (AvgIpc) is 3.00. The largest absolute Gasteiger partial charge is 0.508 e. The minimum Gasteiger partial charge on any atom is -0.508 e. The Morgan fingerprint density at radius 3 is 2.50 bits per heavy atom. The molecule has 1 saturated heterocycles. The number of phenols is 1. The van der Waals surface area contributed by atoms with Crippen LogP contribution in [0.15, 0.2) is 47.4 Å². The van der Waals surface area contributed by atoms with Crippen LogP contribution in [0, 0.1) is 0 Å². The van der Waals surface area contributed by atoms with Gasteiger partial charge in [0.1, 0.15) is 17.2 Å². The van der Waals surface area contributed by atoms with Crippen molar-refractivity contribution in [2.75, 3.05) is 25.1 Å². The molecule has 2 aromatic carbocycles. The van der Waals surface area contributed by atoms with E-state index in [1.807, 2.05) is 0 Å². The number of carbonyl (C=O) groups excluding carboxylic acids is 1. The lowest BCUT2D eigenvalue weighted by molar-refractivity contribution is 0.252. The molecule has 1 aliphatic rings. The summed E-state index contributed by atoms with van der Waals surface area (Å²) in [6, 6.07) is 10.9. The number of hydrogen-bond donors (Lipinski definition) is 2. The van der Waals surface area contributed by atoms with Crippen LogP contribution in [0.3, 0.4) is 0 Å². The standard InChI is InChI=1S/C16H16N2O5S/c1-22-13-8-12(19)9-14(10-13)23-24(21)15-4-2-11(3-5-15)18-7-6-17-16(18)20/h2-5,8-10,19H,6-7H2,1H3,(H,17,20). The van der Waals surface area contributed by atoms with Crippen molar-refractivity contribution in [3.05, 3.63) is 42.5 Å². The zero-order valence-electron chi connectivity index (χ0n) is 12.9. The lowest BCUT2D eigenvalue weighted by atomic mass is 10.3. The number of urea groups is 1. The Bertz CT molecular complexity index is 779. The number of phenolic OH excluding ortho intramolecular Hbond substituents is 1. The maximum absolute atomic E-state index is 12.3. The summed E-state index contributed by atoms with van der Waals surface area (Å²) in [5, 5.41) is 12.3. The molecule has 1 unspecified atom stereocenters. The molecule has 0 bridgehead atoms. The predicted molar refractivity (Wildman–Crippen MR) is 88.9 cm³/mol. The second kappa shape index (κ2) is 6.79. The molecular formula is C16H16N2O5S. The summed E-state index contributed by atoms with van der Waals surface area (Å²) >= 11 is -1.76. The number of nitrogens with zero attached hydrogens (tertiary/aromatic N) is 1. The van der Waals surface area contributed by atoms with E-state index < -0.39 is 11.1 Å². The van der Waals surface area contributed by atoms with Gasteiger partial charge in [-0.15, -0.1) is 0 Å². The van der Waals surface area contributed by atoms with Gasteiger partial charge in [0.15, 0.2) is 0 Å². The van der Waals surface area contributed by atoms with Crippen molar-refractivity contribution in [3.8, 4) is 17.2 Å². The van der Waals surface area contributed by atoms with Gasteiger partial charge in [-0.1, -0.05) is 0 Å². The highest BCUT2D eigenvalue weighted by molar-refractivity contribution is 7.80. The van der Waals surface area contributed by atoms with Gasteiger partial charge in [-0.05, 0) is 24.3 Å². The highest BCUT2D eigenvalue weighted by Crippen LogP contribution is 2.28. The van der Waals surface area contributed by atoms with Crippen molar-refractivity contribution in [3.63, 3.8) is 0 Å². The first-order chi connectivity index (χ1) is 11.6. The summed E-state index contributed by atoms with van der Waals surface area (Å²) in [5.41, 5.74) is 0.727. The first-order valence-electron chi connectivity index (χ1n) is 7.20.